The van der Waals surface area contributed by atoms with Gasteiger partial charge in [0.05, 0.1) is 30.2 Å². The van der Waals surface area contributed by atoms with Crippen LogP contribution in [0, 0.1) is 0 Å². The van der Waals surface area contributed by atoms with Crippen LogP contribution in [0.3, 0.4) is 0 Å². The van der Waals surface area contributed by atoms with Gasteiger partial charge in [0.1, 0.15) is 0 Å². The highest BCUT2D eigenvalue weighted by Crippen LogP contribution is 2.13. The summed E-state index contributed by atoms with van der Waals surface area (Å²) < 4.78 is 6.74. The van der Waals surface area contributed by atoms with E-state index in [0.717, 1.165) is 5.56 Å². The second-order valence-electron chi connectivity index (χ2n) is 5.60. The van der Waals surface area contributed by atoms with Gasteiger partial charge in [-0.3, -0.25) is 9.36 Å². The van der Waals surface area contributed by atoms with Crippen LogP contribution in [0.1, 0.15) is 17.3 Å². The Morgan fingerprint density at radius 1 is 1.08 bits per heavy atom. The monoisotopic (exact) mass is 352 g/mol. The van der Waals surface area contributed by atoms with Crippen molar-refractivity contribution in [2.75, 3.05) is 0 Å². The molecule has 0 radical (unpaired) electrons. The van der Waals surface area contributed by atoms with Crippen LogP contribution in [0.5, 0.6) is 0 Å². The van der Waals surface area contributed by atoms with E-state index < -0.39 is 0 Å². The van der Waals surface area contributed by atoms with Gasteiger partial charge in [-0.05, 0) is 29.8 Å². The first kappa shape index (κ1) is 15.5. The van der Waals surface area contributed by atoms with Crippen LogP contribution >= 0.6 is 11.6 Å². The van der Waals surface area contributed by atoms with Crippen LogP contribution in [-0.4, -0.2) is 19.7 Å². The van der Waals surface area contributed by atoms with E-state index in [-0.39, 0.29) is 12.1 Å². The lowest BCUT2D eigenvalue weighted by Crippen LogP contribution is -2.21. The molecule has 4 rings (SSSR count). The molecule has 2 heterocycles. The summed E-state index contributed by atoms with van der Waals surface area (Å²) in [6.45, 7) is 0.209. The lowest BCUT2D eigenvalue weighted by molar-refractivity contribution is 0.378. The largest absolute Gasteiger partial charge is 0.339 e. The molecule has 2 aromatic heterocycles. The minimum Gasteiger partial charge on any atom is -0.339 e. The molecule has 0 aliphatic heterocycles. The SMILES string of the molecule is O=c1c2ccccc2ncn1Cc1noc(Cc2ccc(Cl)cc2)n1. The average Bonchev–Trinajstić information content (AvgIpc) is 3.07. The molecule has 4 aromatic rings. The van der Waals surface area contributed by atoms with Crippen LogP contribution in [0.25, 0.3) is 10.9 Å². The number of halogens is 1. The number of para-hydroxylation sites is 1. The molecule has 0 bridgehead atoms. The van der Waals surface area contributed by atoms with Crippen molar-refractivity contribution in [3.8, 4) is 0 Å². The predicted octanol–water partition coefficient (Wildman–Crippen LogP) is 3.07. The van der Waals surface area contributed by atoms with Crippen LogP contribution in [-0.2, 0) is 13.0 Å². The fraction of sp³-hybridized carbons (Fsp3) is 0.111. The Balaban J connectivity index is 1.56. The summed E-state index contributed by atoms with van der Waals surface area (Å²) in [6, 6.07) is 14.7. The van der Waals surface area contributed by atoms with E-state index in [0.29, 0.717) is 34.1 Å². The van der Waals surface area contributed by atoms with Crippen LogP contribution in [0.15, 0.2) is 64.2 Å². The third kappa shape index (κ3) is 3.29. The van der Waals surface area contributed by atoms with Gasteiger partial charge in [0.2, 0.25) is 5.89 Å². The Bertz CT molecular complexity index is 1090. The Kier molecular flexibility index (Phi) is 4.03. The first-order chi connectivity index (χ1) is 12.2. The van der Waals surface area contributed by atoms with E-state index in [1.54, 1.807) is 12.1 Å². The first-order valence-corrected chi connectivity index (χ1v) is 8.07. The smallest absolute Gasteiger partial charge is 0.261 e. The predicted molar refractivity (Wildman–Crippen MR) is 93.7 cm³/mol. The van der Waals surface area contributed by atoms with Gasteiger partial charge >= 0.3 is 0 Å². The Morgan fingerprint density at radius 2 is 1.88 bits per heavy atom. The average molecular weight is 353 g/mol. The van der Waals surface area contributed by atoms with E-state index in [9.17, 15) is 4.79 Å². The molecule has 2 aromatic carbocycles. The minimum absolute atomic E-state index is 0.130. The molecule has 0 fully saturated rings. The number of fused-ring (bicyclic) bond motifs is 1. The van der Waals surface area contributed by atoms with Crippen molar-refractivity contribution in [2.24, 2.45) is 0 Å². The quantitative estimate of drug-likeness (QED) is 0.564. The highest BCUT2D eigenvalue weighted by atomic mass is 35.5. The highest BCUT2D eigenvalue weighted by molar-refractivity contribution is 6.30. The van der Waals surface area contributed by atoms with Crippen LogP contribution in [0.2, 0.25) is 5.02 Å². The van der Waals surface area contributed by atoms with Gasteiger partial charge in [0, 0.05) is 5.02 Å². The fourth-order valence-corrected chi connectivity index (χ4v) is 2.70. The van der Waals surface area contributed by atoms with E-state index >= 15 is 0 Å². The number of benzene rings is 2. The zero-order valence-corrected chi connectivity index (χ0v) is 13.8. The van der Waals surface area contributed by atoms with E-state index in [2.05, 4.69) is 15.1 Å². The van der Waals surface area contributed by atoms with E-state index in [4.69, 9.17) is 16.1 Å². The van der Waals surface area contributed by atoms with Gasteiger partial charge in [-0.1, -0.05) is 41.0 Å². The molecule has 0 unspecified atom stereocenters. The highest BCUT2D eigenvalue weighted by Gasteiger charge is 2.10. The molecule has 0 amide bonds. The molecule has 0 aliphatic rings. The Morgan fingerprint density at radius 3 is 2.72 bits per heavy atom. The zero-order chi connectivity index (χ0) is 17.2. The second-order valence-corrected chi connectivity index (χ2v) is 6.04. The lowest BCUT2D eigenvalue weighted by atomic mass is 10.1. The van der Waals surface area contributed by atoms with Gasteiger partial charge < -0.3 is 4.52 Å². The molecule has 0 N–H and O–H groups in total. The van der Waals surface area contributed by atoms with Crippen LogP contribution in [0.4, 0.5) is 0 Å². The van der Waals surface area contributed by atoms with Crippen LogP contribution < -0.4 is 5.56 Å². The lowest BCUT2D eigenvalue weighted by Gasteiger charge is -2.03. The second kappa shape index (κ2) is 6.49. The van der Waals surface area contributed by atoms with E-state index in [1.165, 1.54) is 10.9 Å². The molecule has 0 aliphatic carbocycles. The first-order valence-electron chi connectivity index (χ1n) is 7.69. The van der Waals surface area contributed by atoms with Gasteiger partial charge in [-0.2, -0.15) is 4.98 Å². The maximum Gasteiger partial charge on any atom is 0.261 e. The van der Waals surface area contributed by atoms with Gasteiger partial charge in [0.15, 0.2) is 5.82 Å². The Labute approximate surface area is 147 Å². The topological polar surface area (TPSA) is 73.8 Å². The molecule has 6 nitrogen and oxygen atoms in total. The standard InChI is InChI=1S/C18H13ClN4O2/c19-13-7-5-12(6-8-13)9-17-21-16(22-25-17)10-23-11-20-15-4-2-1-3-14(15)18(23)24/h1-8,11H,9-10H2. The van der Waals surface area contributed by atoms with Gasteiger partial charge in [-0.25, -0.2) is 4.98 Å². The number of aromatic nitrogens is 4. The van der Waals surface area contributed by atoms with Gasteiger partial charge in [0.25, 0.3) is 5.56 Å². The number of nitrogens with zero attached hydrogens (tertiary/aromatic N) is 4. The number of hydrogen-bond acceptors (Lipinski definition) is 5. The number of hydrogen-bond donors (Lipinski definition) is 0. The Hall–Kier alpha value is -2.99. The molecule has 0 spiro atoms. The number of rotatable bonds is 4. The molecule has 0 saturated carbocycles. The summed E-state index contributed by atoms with van der Waals surface area (Å²) in [6.07, 6.45) is 2.01. The maximum atomic E-state index is 12.5. The third-order valence-electron chi connectivity index (χ3n) is 3.82. The zero-order valence-electron chi connectivity index (χ0n) is 13.1. The third-order valence-corrected chi connectivity index (χ3v) is 4.07. The van der Waals surface area contributed by atoms with Crippen molar-refractivity contribution in [2.45, 2.75) is 13.0 Å². The fourth-order valence-electron chi connectivity index (χ4n) is 2.57. The van der Waals surface area contributed by atoms with E-state index in [1.807, 2.05) is 36.4 Å². The van der Waals surface area contributed by atoms with Crippen molar-refractivity contribution in [3.05, 3.63) is 87.5 Å². The van der Waals surface area contributed by atoms with Crippen molar-refractivity contribution < 1.29 is 4.52 Å². The summed E-state index contributed by atoms with van der Waals surface area (Å²) in [5.74, 6) is 0.919. The van der Waals surface area contributed by atoms with Crippen molar-refractivity contribution in [1.29, 1.82) is 0 Å². The molecule has 7 heteroatoms. The summed E-state index contributed by atoms with van der Waals surface area (Å²) in [7, 11) is 0. The maximum absolute atomic E-state index is 12.5. The normalized spacial score (nSPS) is 11.1. The summed E-state index contributed by atoms with van der Waals surface area (Å²) in [5.41, 5.74) is 1.55. The summed E-state index contributed by atoms with van der Waals surface area (Å²) in [4.78, 5) is 21.1. The molecular formula is C18H13ClN4O2. The van der Waals surface area contributed by atoms with Crippen molar-refractivity contribution in [3.63, 3.8) is 0 Å². The van der Waals surface area contributed by atoms with Crippen molar-refractivity contribution >= 4 is 22.5 Å². The molecule has 124 valence electrons. The molecular weight excluding hydrogens is 340 g/mol. The van der Waals surface area contributed by atoms with Gasteiger partial charge in [-0.15, -0.1) is 0 Å². The molecule has 0 atom stereocenters. The summed E-state index contributed by atoms with van der Waals surface area (Å²) >= 11 is 5.88. The molecule has 25 heavy (non-hydrogen) atoms. The molecule has 0 saturated heterocycles. The summed E-state index contributed by atoms with van der Waals surface area (Å²) in [5, 5.41) is 5.19. The van der Waals surface area contributed by atoms with Crippen molar-refractivity contribution in [1.82, 2.24) is 19.7 Å². The minimum atomic E-state index is -0.130.